The van der Waals surface area contributed by atoms with Crippen LogP contribution in [0.15, 0.2) is 42.7 Å². The molecule has 6 nitrogen and oxygen atoms in total. The number of imidazole rings is 1. The molecule has 2 aromatic carbocycles. The smallest absolute Gasteiger partial charge is 0.416 e. The van der Waals surface area contributed by atoms with Gasteiger partial charge in [-0.15, -0.1) is 0 Å². The first-order valence-electron chi connectivity index (χ1n) is 13.1. The van der Waals surface area contributed by atoms with E-state index in [4.69, 9.17) is 9.47 Å². The number of benzene rings is 2. The summed E-state index contributed by atoms with van der Waals surface area (Å²) in [5.41, 5.74) is 0.127. The van der Waals surface area contributed by atoms with Gasteiger partial charge in [0, 0.05) is 30.6 Å². The van der Waals surface area contributed by atoms with E-state index in [1.807, 2.05) is 6.92 Å². The van der Waals surface area contributed by atoms with Gasteiger partial charge in [0.15, 0.2) is 0 Å². The van der Waals surface area contributed by atoms with Gasteiger partial charge in [-0.1, -0.05) is 12.1 Å². The van der Waals surface area contributed by atoms with E-state index in [0.717, 1.165) is 17.7 Å². The fourth-order valence-corrected chi connectivity index (χ4v) is 5.05. The lowest BCUT2D eigenvalue weighted by Crippen LogP contribution is -2.48. The molecule has 0 N–H and O–H groups in total. The van der Waals surface area contributed by atoms with Crippen LogP contribution < -0.4 is 0 Å². The summed E-state index contributed by atoms with van der Waals surface area (Å²) in [7, 11) is 0. The molecule has 1 amide bonds. The SMILES string of the molecule is CCn1cnc2c(C(C)OCC3(c4ccc(F)cc4)CCN(C(=O)OC(C)(C)C)CC3)cc(C(F)(F)F)cc21. The van der Waals surface area contributed by atoms with Gasteiger partial charge in [-0.3, -0.25) is 0 Å². The van der Waals surface area contributed by atoms with Crippen LogP contribution in [0.25, 0.3) is 11.0 Å². The lowest BCUT2D eigenvalue weighted by molar-refractivity contribution is -0.137. The van der Waals surface area contributed by atoms with Crippen molar-refractivity contribution in [1.29, 1.82) is 0 Å². The summed E-state index contributed by atoms with van der Waals surface area (Å²) in [6.45, 7) is 10.4. The highest BCUT2D eigenvalue weighted by molar-refractivity contribution is 5.80. The van der Waals surface area contributed by atoms with Crippen molar-refractivity contribution in [3.05, 3.63) is 65.2 Å². The third-order valence-corrected chi connectivity index (χ3v) is 7.30. The van der Waals surface area contributed by atoms with Crippen LogP contribution in [0.5, 0.6) is 0 Å². The number of aryl methyl sites for hydroxylation is 1. The van der Waals surface area contributed by atoms with Gasteiger partial charge in [0.05, 0.1) is 35.6 Å². The van der Waals surface area contributed by atoms with E-state index in [9.17, 15) is 22.4 Å². The number of halogens is 4. The zero-order chi connectivity index (χ0) is 28.6. The number of aromatic nitrogens is 2. The minimum Gasteiger partial charge on any atom is -0.444 e. The first-order chi connectivity index (χ1) is 18.2. The Labute approximate surface area is 225 Å². The number of alkyl halides is 3. The van der Waals surface area contributed by atoms with Crippen LogP contribution in [0.1, 0.15) is 70.3 Å². The summed E-state index contributed by atoms with van der Waals surface area (Å²) in [4.78, 5) is 18.7. The molecular weight excluding hydrogens is 514 g/mol. The number of fused-ring (bicyclic) bond motifs is 1. The second-order valence-electron chi connectivity index (χ2n) is 11.2. The molecule has 0 bridgehead atoms. The van der Waals surface area contributed by atoms with Crippen LogP contribution in [-0.4, -0.2) is 45.8 Å². The molecule has 1 aromatic heterocycles. The third-order valence-electron chi connectivity index (χ3n) is 7.30. The maximum atomic E-state index is 13.8. The molecule has 212 valence electrons. The van der Waals surface area contributed by atoms with Crippen molar-refractivity contribution in [2.75, 3.05) is 19.7 Å². The van der Waals surface area contributed by atoms with Crippen LogP contribution in [0.2, 0.25) is 0 Å². The molecule has 4 rings (SSSR count). The highest BCUT2D eigenvalue weighted by Gasteiger charge is 2.40. The van der Waals surface area contributed by atoms with Crippen LogP contribution in [-0.2, 0) is 27.6 Å². The largest absolute Gasteiger partial charge is 0.444 e. The normalized spacial score (nSPS) is 16.9. The Kier molecular flexibility index (Phi) is 7.98. The van der Waals surface area contributed by atoms with E-state index >= 15 is 0 Å². The Morgan fingerprint density at radius 1 is 1.10 bits per heavy atom. The molecule has 1 saturated heterocycles. The Balaban J connectivity index is 1.61. The lowest BCUT2D eigenvalue weighted by atomic mass is 9.73. The molecule has 10 heteroatoms. The van der Waals surface area contributed by atoms with Gasteiger partial charge >= 0.3 is 12.3 Å². The Hall–Kier alpha value is -3.14. The fourth-order valence-electron chi connectivity index (χ4n) is 5.05. The van der Waals surface area contributed by atoms with Crippen molar-refractivity contribution in [3.8, 4) is 0 Å². The molecule has 0 aliphatic carbocycles. The molecule has 0 radical (unpaired) electrons. The number of carbonyl (C=O) groups excluding carboxylic acids is 1. The van der Waals surface area contributed by atoms with Gasteiger partial charge in [-0.25, -0.2) is 14.2 Å². The van der Waals surface area contributed by atoms with Crippen molar-refractivity contribution >= 4 is 17.1 Å². The van der Waals surface area contributed by atoms with E-state index in [2.05, 4.69) is 4.98 Å². The van der Waals surface area contributed by atoms with Crippen LogP contribution >= 0.6 is 0 Å². The van der Waals surface area contributed by atoms with Gasteiger partial charge < -0.3 is 18.9 Å². The topological polar surface area (TPSA) is 56.6 Å². The van der Waals surface area contributed by atoms with E-state index in [1.165, 1.54) is 18.5 Å². The van der Waals surface area contributed by atoms with Crippen molar-refractivity contribution in [2.24, 2.45) is 0 Å². The first-order valence-corrected chi connectivity index (χ1v) is 13.1. The average Bonchev–Trinajstić information content (AvgIpc) is 3.29. The molecule has 1 aliphatic heterocycles. The maximum Gasteiger partial charge on any atom is 0.416 e. The van der Waals surface area contributed by atoms with Gasteiger partial charge in [-0.2, -0.15) is 13.2 Å². The second kappa shape index (κ2) is 10.8. The van der Waals surface area contributed by atoms with Crippen molar-refractivity contribution in [3.63, 3.8) is 0 Å². The van der Waals surface area contributed by atoms with Crippen LogP contribution in [0.3, 0.4) is 0 Å². The second-order valence-corrected chi connectivity index (χ2v) is 11.2. The van der Waals surface area contributed by atoms with Gasteiger partial charge in [-0.05, 0) is 77.3 Å². The quantitative estimate of drug-likeness (QED) is 0.304. The van der Waals surface area contributed by atoms with E-state index in [0.29, 0.717) is 49.1 Å². The van der Waals surface area contributed by atoms with Crippen LogP contribution in [0.4, 0.5) is 22.4 Å². The number of hydrogen-bond acceptors (Lipinski definition) is 4. The van der Waals surface area contributed by atoms with E-state index < -0.39 is 35.0 Å². The summed E-state index contributed by atoms with van der Waals surface area (Å²) in [5.74, 6) is -0.368. The number of amides is 1. The maximum absolute atomic E-state index is 13.8. The molecular formula is C29H35F4N3O3. The number of nitrogens with zero attached hydrogens (tertiary/aromatic N) is 3. The molecule has 0 saturated carbocycles. The summed E-state index contributed by atoms with van der Waals surface area (Å²) in [5, 5.41) is 0. The van der Waals surface area contributed by atoms with Gasteiger partial charge in [0.2, 0.25) is 0 Å². The zero-order valence-corrected chi connectivity index (χ0v) is 22.9. The lowest BCUT2D eigenvalue weighted by Gasteiger charge is -2.42. The summed E-state index contributed by atoms with van der Waals surface area (Å²) >= 11 is 0. The molecule has 39 heavy (non-hydrogen) atoms. The molecule has 1 atom stereocenters. The van der Waals surface area contributed by atoms with Crippen molar-refractivity contribution < 1.29 is 31.8 Å². The molecule has 3 aromatic rings. The monoisotopic (exact) mass is 549 g/mol. The minimum atomic E-state index is -4.52. The first kappa shape index (κ1) is 28.9. The number of hydrogen-bond donors (Lipinski definition) is 0. The fraction of sp³-hybridized carbons (Fsp3) is 0.517. The number of rotatable bonds is 6. The predicted octanol–water partition coefficient (Wildman–Crippen LogP) is 7.26. The third kappa shape index (κ3) is 6.37. The van der Waals surface area contributed by atoms with Gasteiger partial charge in [0.1, 0.15) is 11.4 Å². The zero-order valence-electron chi connectivity index (χ0n) is 22.9. The van der Waals surface area contributed by atoms with E-state index in [1.54, 1.807) is 49.3 Å². The summed E-state index contributed by atoms with van der Waals surface area (Å²) in [6, 6.07) is 8.41. The number of piperidine rings is 1. The average molecular weight is 550 g/mol. The van der Waals surface area contributed by atoms with E-state index in [-0.39, 0.29) is 12.4 Å². The standard InChI is InChI=1S/C29H35F4N3O3/c1-6-35-18-34-25-23(15-21(16-24(25)35)29(31,32)33)19(2)38-17-28(20-7-9-22(30)10-8-20)11-13-36(14-12-28)26(37)39-27(3,4)5/h7-10,15-16,18-19H,6,11-14,17H2,1-5H3. The number of carbonyl (C=O) groups is 1. The molecule has 2 heterocycles. The highest BCUT2D eigenvalue weighted by atomic mass is 19.4. The number of likely N-dealkylation sites (tertiary alicyclic amines) is 1. The Bertz CT molecular complexity index is 1300. The summed E-state index contributed by atoms with van der Waals surface area (Å²) < 4.78 is 68.5. The predicted molar refractivity (Wildman–Crippen MR) is 140 cm³/mol. The van der Waals surface area contributed by atoms with Gasteiger partial charge in [0.25, 0.3) is 0 Å². The highest BCUT2D eigenvalue weighted by Crippen LogP contribution is 2.40. The van der Waals surface area contributed by atoms with Crippen molar-refractivity contribution in [1.82, 2.24) is 14.5 Å². The molecule has 1 fully saturated rings. The molecule has 0 spiro atoms. The van der Waals surface area contributed by atoms with Crippen molar-refractivity contribution in [2.45, 2.75) is 77.3 Å². The minimum absolute atomic E-state index is 0.175. The van der Waals surface area contributed by atoms with Crippen LogP contribution in [0, 0.1) is 5.82 Å². The Morgan fingerprint density at radius 2 is 1.74 bits per heavy atom. The molecule has 1 aliphatic rings. The molecule has 1 unspecified atom stereocenters. The Morgan fingerprint density at radius 3 is 2.31 bits per heavy atom. The number of ether oxygens (including phenoxy) is 2. The summed E-state index contributed by atoms with van der Waals surface area (Å²) in [6.07, 6.45) is -3.04.